The van der Waals surface area contributed by atoms with E-state index in [0.717, 1.165) is 23.8 Å². The smallest absolute Gasteiger partial charge is 0.0136 e. The lowest BCUT2D eigenvalue weighted by atomic mass is 9.89. The quantitative estimate of drug-likeness (QED) is 0.492. The number of nitrogens with one attached hydrogen (secondary N) is 1. The molecule has 1 N–H and O–H groups in total. The van der Waals surface area contributed by atoms with Crippen molar-refractivity contribution < 1.29 is 0 Å². The van der Waals surface area contributed by atoms with Crippen LogP contribution in [-0.4, -0.2) is 12.6 Å². The molecule has 54 valence electrons. The molecule has 1 heteroatoms. The van der Waals surface area contributed by atoms with E-state index in [1.54, 1.807) is 0 Å². The molecule has 1 saturated carbocycles. The van der Waals surface area contributed by atoms with Gasteiger partial charge in [-0.15, -0.1) is 0 Å². The number of hydrogen-bond acceptors (Lipinski definition) is 1. The van der Waals surface area contributed by atoms with Gasteiger partial charge in [0.2, 0.25) is 0 Å². The Balaban J connectivity index is 1.97. The number of fused-ring (bicyclic) bond motifs is 5. The Bertz CT molecular complexity index is 185. The fourth-order valence-electron chi connectivity index (χ4n) is 3.05. The molecule has 0 aromatic rings. The van der Waals surface area contributed by atoms with Crippen LogP contribution in [0.1, 0.15) is 12.8 Å². The lowest BCUT2D eigenvalue weighted by Gasteiger charge is -2.24. The van der Waals surface area contributed by atoms with E-state index in [1.807, 2.05) is 0 Å². The lowest BCUT2D eigenvalue weighted by Crippen LogP contribution is -2.35. The summed E-state index contributed by atoms with van der Waals surface area (Å²) in [6, 6.07) is 0.855. The van der Waals surface area contributed by atoms with Gasteiger partial charge >= 0.3 is 0 Å². The van der Waals surface area contributed by atoms with Crippen LogP contribution >= 0.6 is 0 Å². The summed E-state index contributed by atoms with van der Waals surface area (Å²) in [5, 5.41) is 3.58. The molecule has 1 saturated heterocycles. The number of allylic oxidation sites excluding steroid dienone is 1. The lowest BCUT2D eigenvalue weighted by molar-refractivity contribution is 0.307. The minimum atomic E-state index is 0.855. The van der Waals surface area contributed by atoms with Gasteiger partial charge in [0.1, 0.15) is 0 Å². The van der Waals surface area contributed by atoms with Crippen molar-refractivity contribution in [3.8, 4) is 0 Å². The summed E-state index contributed by atoms with van der Waals surface area (Å²) >= 11 is 0. The summed E-state index contributed by atoms with van der Waals surface area (Å²) in [5.41, 5.74) is 0. The van der Waals surface area contributed by atoms with Crippen molar-refractivity contribution in [2.45, 2.75) is 18.9 Å². The van der Waals surface area contributed by atoms with Crippen molar-refractivity contribution in [3.63, 3.8) is 0 Å². The van der Waals surface area contributed by atoms with Gasteiger partial charge in [-0.3, -0.25) is 0 Å². The summed E-state index contributed by atoms with van der Waals surface area (Å²) < 4.78 is 0. The maximum atomic E-state index is 3.58. The van der Waals surface area contributed by atoms with Crippen molar-refractivity contribution in [1.82, 2.24) is 5.32 Å². The molecule has 0 aromatic carbocycles. The Morgan fingerprint density at radius 2 is 2.40 bits per heavy atom. The van der Waals surface area contributed by atoms with Gasteiger partial charge < -0.3 is 5.32 Å². The summed E-state index contributed by atoms with van der Waals surface area (Å²) in [7, 11) is 0. The number of piperidine rings is 1. The second-order valence-electron chi connectivity index (χ2n) is 3.92. The molecule has 2 fully saturated rings. The molecular weight excluding hydrogens is 122 g/mol. The molecule has 2 aliphatic carbocycles. The first kappa shape index (κ1) is 5.36. The topological polar surface area (TPSA) is 12.0 Å². The Morgan fingerprint density at radius 1 is 1.40 bits per heavy atom. The van der Waals surface area contributed by atoms with Gasteiger partial charge in [0.25, 0.3) is 0 Å². The van der Waals surface area contributed by atoms with Crippen molar-refractivity contribution in [2.75, 3.05) is 6.54 Å². The highest BCUT2D eigenvalue weighted by atomic mass is 15.0. The van der Waals surface area contributed by atoms with Crippen LogP contribution in [0.25, 0.3) is 0 Å². The molecule has 3 aliphatic rings. The third-order valence-electron chi connectivity index (χ3n) is 3.53. The van der Waals surface area contributed by atoms with Crippen LogP contribution in [0.2, 0.25) is 0 Å². The fourth-order valence-corrected chi connectivity index (χ4v) is 3.05. The molecule has 0 spiro atoms. The SMILES string of the molecule is C1=CC2C3CC(CN3)C2C1. The van der Waals surface area contributed by atoms with E-state index >= 15 is 0 Å². The third kappa shape index (κ3) is 0.485. The van der Waals surface area contributed by atoms with Crippen LogP contribution in [0.3, 0.4) is 0 Å². The van der Waals surface area contributed by atoms with E-state index in [-0.39, 0.29) is 0 Å². The zero-order valence-corrected chi connectivity index (χ0v) is 6.09. The maximum absolute atomic E-state index is 3.58. The highest BCUT2D eigenvalue weighted by Crippen LogP contribution is 2.47. The molecule has 1 aliphatic heterocycles. The molecular formula is C9H13N. The Labute approximate surface area is 61.5 Å². The Morgan fingerprint density at radius 3 is 3.30 bits per heavy atom. The molecule has 0 aromatic heterocycles. The molecule has 4 atom stereocenters. The molecule has 0 amide bonds. The van der Waals surface area contributed by atoms with Crippen LogP contribution in [0, 0.1) is 17.8 Å². The van der Waals surface area contributed by atoms with Crippen LogP contribution in [0.5, 0.6) is 0 Å². The standard InChI is InChI=1S/C9H13N/c1-2-7-6-4-9(10-5-6)8(7)3-1/h1,3,6-10H,2,4-5H2. The second kappa shape index (κ2) is 1.65. The third-order valence-corrected chi connectivity index (χ3v) is 3.53. The average molecular weight is 135 g/mol. The van der Waals surface area contributed by atoms with Gasteiger partial charge in [0.15, 0.2) is 0 Å². The molecule has 3 rings (SSSR count). The van der Waals surface area contributed by atoms with E-state index < -0.39 is 0 Å². The number of hydrogen-bond donors (Lipinski definition) is 1. The van der Waals surface area contributed by atoms with E-state index in [2.05, 4.69) is 17.5 Å². The number of rotatable bonds is 0. The first-order valence-corrected chi connectivity index (χ1v) is 4.35. The minimum absolute atomic E-state index is 0.855. The predicted molar refractivity (Wildman–Crippen MR) is 40.6 cm³/mol. The van der Waals surface area contributed by atoms with Gasteiger partial charge in [0, 0.05) is 6.04 Å². The Kier molecular flexibility index (Phi) is 0.883. The van der Waals surface area contributed by atoms with E-state index in [1.165, 1.54) is 19.4 Å². The van der Waals surface area contributed by atoms with Crippen LogP contribution in [0.4, 0.5) is 0 Å². The molecule has 1 heterocycles. The van der Waals surface area contributed by atoms with Gasteiger partial charge in [0.05, 0.1) is 0 Å². The summed E-state index contributed by atoms with van der Waals surface area (Å²) in [5.74, 6) is 2.97. The minimum Gasteiger partial charge on any atom is -0.313 e. The van der Waals surface area contributed by atoms with E-state index in [0.29, 0.717) is 0 Å². The van der Waals surface area contributed by atoms with E-state index in [4.69, 9.17) is 0 Å². The monoisotopic (exact) mass is 135 g/mol. The average Bonchev–Trinajstić information content (AvgIpc) is 2.60. The molecule has 10 heavy (non-hydrogen) atoms. The van der Waals surface area contributed by atoms with Gasteiger partial charge in [-0.1, -0.05) is 12.2 Å². The normalized spacial score (nSPS) is 56.0. The summed E-state index contributed by atoms with van der Waals surface area (Å²) in [4.78, 5) is 0. The molecule has 2 bridgehead atoms. The van der Waals surface area contributed by atoms with Crippen LogP contribution < -0.4 is 5.32 Å². The fraction of sp³-hybridized carbons (Fsp3) is 0.778. The zero-order chi connectivity index (χ0) is 6.55. The molecule has 1 nitrogen and oxygen atoms in total. The maximum Gasteiger partial charge on any atom is 0.0136 e. The van der Waals surface area contributed by atoms with Gasteiger partial charge in [-0.2, -0.15) is 0 Å². The van der Waals surface area contributed by atoms with Crippen molar-refractivity contribution in [3.05, 3.63) is 12.2 Å². The second-order valence-corrected chi connectivity index (χ2v) is 3.92. The van der Waals surface area contributed by atoms with Gasteiger partial charge in [-0.25, -0.2) is 0 Å². The van der Waals surface area contributed by atoms with Crippen molar-refractivity contribution in [2.24, 2.45) is 17.8 Å². The Hall–Kier alpha value is -0.300. The van der Waals surface area contributed by atoms with E-state index in [9.17, 15) is 0 Å². The highest BCUT2D eigenvalue weighted by molar-refractivity contribution is 5.14. The summed E-state index contributed by atoms with van der Waals surface area (Å²) in [6.45, 7) is 1.30. The van der Waals surface area contributed by atoms with Crippen molar-refractivity contribution in [1.29, 1.82) is 0 Å². The first-order valence-electron chi connectivity index (χ1n) is 4.35. The van der Waals surface area contributed by atoms with Crippen LogP contribution in [0.15, 0.2) is 12.2 Å². The predicted octanol–water partition coefficient (Wildman–Crippen LogP) is 1.17. The zero-order valence-electron chi connectivity index (χ0n) is 6.09. The largest absolute Gasteiger partial charge is 0.313 e. The van der Waals surface area contributed by atoms with Crippen molar-refractivity contribution >= 4 is 0 Å². The summed E-state index contributed by atoms with van der Waals surface area (Å²) in [6.07, 6.45) is 7.64. The molecule has 0 radical (unpaired) electrons. The van der Waals surface area contributed by atoms with Gasteiger partial charge in [-0.05, 0) is 37.1 Å². The van der Waals surface area contributed by atoms with Crippen LogP contribution in [-0.2, 0) is 0 Å². The first-order chi connectivity index (χ1) is 4.95. The molecule has 4 unspecified atom stereocenters. The highest BCUT2D eigenvalue weighted by Gasteiger charge is 2.47.